The van der Waals surface area contributed by atoms with E-state index >= 15 is 0 Å². The number of aryl methyl sites for hydroxylation is 1. The fourth-order valence-corrected chi connectivity index (χ4v) is 2.99. The topological polar surface area (TPSA) is 47.0 Å². The second-order valence-electron chi connectivity index (χ2n) is 4.29. The van der Waals surface area contributed by atoms with Crippen LogP contribution in [0, 0.1) is 0 Å². The number of hydrogen-bond acceptors (Lipinski definition) is 5. The minimum absolute atomic E-state index is 0.228. The van der Waals surface area contributed by atoms with Crippen molar-refractivity contribution >= 4 is 11.5 Å². The number of aromatic nitrogens is 2. The molecule has 2 aromatic rings. The van der Waals surface area contributed by atoms with E-state index < -0.39 is 0 Å². The van der Waals surface area contributed by atoms with E-state index in [-0.39, 0.29) is 6.04 Å². The van der Waals surface area contributed by atoms with Crippen LogP contribution in [0.15, 0.2) is 24.3 Å². The molecule has 0 bridgehead atoms. The molecule has 0 fully saturated rings. The molecule has 0 aliphatic rings. The Balaban J connectivity index is 2.24. The number of para-hydroxylation sites is 1. The molecule has 4 nitrogen and oxygen atoms in total. The zero-order valence-corrected chi connectivity index (χ0v) is 12.3. The monoisotopic (exact) mass is 277 g/mol. The van der Waals surface area contributed by atoms with Crippen LogP contribution in [0.3, 0.4) is 0 Å². The minimum atomic E-state index is 0.228. The highest BCUT2D eigenvalue weighted by Crippen LogP contribution is 2.28. The Morgan fingerprint density at radius 1 is 1.37 bits per heavy atom. The predicted octanol–water partition coefficient (Wildman–Crippen LogP) is 2.61. The van der Waals surface area contributed by atoms with Gasteiger partial charge >= 0.3 is 0 Å². The second kappa shape index (κ2) is 6.63. The summed E-state index contributed by atoms with van der Waals surface area (Å²) < 4.78 is 9.48. The Morgan fingerprint density at radius 3 is 2.84 bits per heavy atom. The van der Waals surface area contributed by atoms with Crippen LogP contribution in [0.4, 0.5) is 0 Å². The van der Waals surface area contributed by atoms with E-state index in [1.807, 2.05) is 25.2 Å². The van der Waals surface area contributed by atoms with Crippen molar-refractivity contribution in [1.29, 1.82) is 0 Å². The first-order valence-corrected chi connectivity index (χ1v) is 7.17. The lowest BCUT2D eigenvalue weighted by Crippen LogP contribution is -2.19. The normalized spacial score (nSPS) is 12.4. The number of ether oxygens (including phenoxy) is 1. The quantitative estimate of drug-likeness (QED) is 0.881. The van der Waals surface area contributed by atoms with Gasteiger partial charge in [0.1, 0.15) is 5.75 Å². The van der Waals surface area contributed by atoms with Gasteiger partial charge in [0.25, 0.3) is 0 Å². The molecule has 0 saturated carbocycles. The maximum atomic E-state index is 5.41. The molecule has 102 valence electrons. The van der Waals surface area contributed by atoms with Crippen molar-refractivity contribution in [2.75, 3.05) is 14.2 Å². The van der Waals surface area contributed by atoms with Crippen LogP contribution in [-0.2, 0) is 12.8 Å². The van der Waals surface area contributed by atoms with Gasteiger partial charge in [-0.3, -0.25) is 0 Å². The van der Waals surface area contributed by atoms with Crippen molar-refractivity contribution in [1.82, 2.24) is 14.9 Å². The third-order valence-electron chi connectivity index (χ3n) is 3.20. The number of rotatable bonds is 6. The molecule has 1 aromatic heterocycles. The average molecular weight is 277 g/mol. The first-order valence-electron chi connectivity index (χ1n) is 6.40. The van der Waals surface area contributed by atoms with Gasteiger partial charge in [0.15, 0.2) is 0 Å². The lowest BCUT2D eigenvalue weighted by molar-refractivity contribution is 0.406. The molecule has 5 heteroatoms. The Bertz CT molecular complexity index is 527. The summed E-state index contributed by atoms with van der Waals surface area (Å²) in [7, 11) is 3.68. The van der Waals surface area contributed by atoms with Crippen LogP contribution in [-0.4, -0.2) is 23.7 Å². The molecule has 0 radical (unpaired) electrons. The van der Waals surface area contributed by atoms with Crippen molar-refractivity contribution < 1.29 is 4.74 Å². The highest BCUT2D eigenvalue weighted by atomic mass is 32.1. The lowest BCUT2D eigenvalue weighted by Gasteiger charge is -2.17. The number of benzene rings is 1. The van der Waals surface area contributed by atoms with E-state index in [0.29, 0.717) is 0 Å². The summed E-state index contributed by atoms with van der Waals surface area (Å²) >= 11 is 1.48. The number of methoxy groups -OCH3 is 1. The van der Waals surface area contributed by atoms with E-state index in [1.54, 1.807) is 7.11 Å². The molecule has 0 spiro atoms. The van der Waals surface area contributed by atoms with Gasteiger partial charge < -0.3 is 10.1 Å². The average Bonchev–Trinajstić information content (AvgIpc) is 2.93. The third kappa shape index (κ3) is 3.11. The van der Waals surface area contributed by atoms with E-state index in [4.69, 9.17) is 4.74 Å². The zero-order valence-electron chi connectivity index (χ0n) is 11.5. The van der Waals surface area contributed by atoms with Gasteiger partial charge in [-0.05, 0) is 43.1 Å². The summed E-state index contributed by atoms with van der Waals surface area (Å²) in [6, 6.07) is 8.35. The van der Waals surface area contributed by atoms with Crippen molar-refractivity contribution in [3.8, 4) is 5.75 Å². The first-order chi connectivity index (χ1) is 9.30. The number of nitrogens with one attached hydrogen (secondary N) is 1. The largest absolute Gasteiger partial charge is 0.496 e. The van der Waals surface area contributed by atoms with Crippen LogP contribution >= 0.6 is 11.5 Å². The van der Waals surface area contributed by atoms with Gasteiger partial charge in [0.2, 0.25) is 0 Å². The predicted molar refractivity (Wildman–Crippen MR) is 77.8 cm³/mol. The van der Waals surface area contributed by atoms with Crippen LogP contribution in [0.1, 0.15) is 29.1 Å². The fraction of sp³-hybridized carbons (Fsp3) is 0.429. The number of likely N-dealkylation sites (N-methyl/N-ethyl adjacent to an activating group) is 1. The Kier molecular flexibility index (Phi) is 4.87. The lowest BCUT2D eigenvalue weighted by atomic mass is 10.0. The van der Waals surface area contributed by atoms with Crippen LogP contribution in [0.2, 0.25) is 0 Å². The summed E-state index contributed by atoms with van der Waals surface area (Å²) in [5.74, 6) is 0.929. The van der Waals surface area contributed by atoms with E-state index in [2.05, 4.69) is 27.9 Å². The second-order valence-corrected chi connectivity index (χ2v) is 5.08. The molecule has 0 aliphatic carbocycles. The molecule has 0 saturated heterocycles. The van der Waals surface area contributed by atoms with Crippen molar-refractivity contribution in [3.05, 3.63) is 40.4 Å². The number of hydrogen-bond donors (Lipinski definition) is 1. The SMILES string of the molecule is CCc1nnsc1C(Cc1ccccc1OC)NC. The summed E-state index contributed by atoms with van der Waals surface area (Å²) in [6.45, 7) is 2.11. The molecule has 1 aromatic carbocycles. The van der Waals surface area contributed by atoms with Gasteiger partial charge in [-0.2, -0.15) is 0 Å². The van der Waals surface area contributed by atoms with Crippen molar-refractivity contribution in [3.63, 3.8) is 0 Å². The van der Waals surface area contributed by atoms with E-state index in [1.165, 1.54) is 22.0 Å². The first kappa shape index (κ1) is 14.0. The molecule has 1 N–H and O–H groups in total. The highest BCUT2D eigenvalue weighted by molar-refractivity contribution is 7.05. The van der Waals surface area contributed by atoms with E-state index in [9.17, 15) is 0 Å². The molecule has 0 aliphatic heterocycles. The molecular weight excluding hydrogens is 258 g/mol. The molecule has 0 amide bonds. The van der Waals surface area contributed by atoms with Gasteiger partial charge in [0, 0.05) is 6.04 Å². The zero-order chi connectivity index (χ0) is 13.7. The molecular formula is C14H19N3OS. The van der Waals surface area contributed by atoms with Gasteiger partial charge in [-0.25, -0.2) is 0 Å². The van der Waals surface area contributed by atoms with Crippen molar-refractivity contribution in [2.45, 2.75) is 25.8 Å². The smallest absolute Gasteiger partial charge is 0.122 e. The highest BCUT2D eigenvalue weighted by Gasteiger charge is 2.18. The van der Waals surface area contributed by atoms with Gasteiger partial charge in [-0.1, -0.05) is 29.6 Å². The van der Waals surface area contributed by atoms with Crippen LogP contribution < -0.4 is 10.1 Å². The molecule has 1 atom stereocenters. The van der Waals surface area contributed by atoms with Crippen molar-refractivity contribution in [2.24, 2.45) is 0 Å². The molecule has 2 rings (SSSR count). The summed E-state index contributed by atoms with van der Waals surface area (Å²) in [6.07, 6.45) is 1.79. The van der Waals surface area contributed by atoms with Gasteiger partial charge in [-0.15, -0.1) is 5.10 Å². The summed E-state index contributed by atoms with van der Waals surface area (Å²) in [4.78, 5) is 1.22. The molecule has 19 heavy (non-hydrogen) atoms. The molecule has 1 unspecified atom stereocenters. The summed E-state index contributed by atoms with van der Waals surface area (Å²) in [5, 5.41) is 7.54. The third-order valence-corrected chi connectivity index (χ3v) is 4.08. The minimum Gasteiger partial charge on any atom is -0.496 e. The standard InChI is InChI=1S/C14H19N3OS/c1-4-11-14(19-17-16-11)12(15-2)9-10-7-5-6-8-13(10)18-3/h5-8,12,15H,4,9H2,1-3H3. The van der Waals surface area contributed by atoms with E-state index in [0.717, 1.165) is 24.3 Å². The summed E-state index contributed by atoms with van der Waals surface area (Å²) in [5.41, 5.74) is 2.28. The molecule has 1 heterocycles. The van der Waals surface area contributed by atoms with Crippen LogP contribution in [0.5, 0.6) is 5.75 Å². The Morgan fingerprint density at radius 2 is 2.16 bits per heavy atom. The fourth-order valence-electron chi connectivity index (χ4n) is 2.14. The van der Waals surface area contributed by atoms with Gasteiger partial charge in [0.05, 0.1) is 17.7 Å². The Hall–Kier alpha value is -1.46. The maximum Gasteiger partial charge on any atom is 0.122 e. The maximum absolute atomic E-state index is 5.41. The Labute approximate surface area is 118 Å². The van der Waals surface area contributed by atoms with Crippen LogP contribution in [0.25, 0.3) is 0 Å². The number of nitrogens with zero attached hydrogens (tertiary/aromatic N) is 2.